The summed E-state index contributed by atoms with van der Waals surface area (Å²) in [6.45, 7) is 5.58. The number of nitrogens with two attached hydrogens (primary N) is 1. The summed E-state index contributed by atoms with van der Waals surface area (Å²) in [5, 5.41) is 0. The molecule has 0 spiro atoms. The van der Waals surface area contributed by atoms with E-state index in [2.05, 4.69) is 0 Å². The van der Waals surface area contributed by atoms with Crippen molar-refractivity contribution in [2.45, 2.75) is 26.7 Å². The molecule has 1 aliphatic heterocycles. The number of anilines is 2. The van der Waals surface area contributed by atoms with Gasteiger partial charge in [0.25, 0.3) is 5.91 Å². The molecular weight excluding hydrogens is 352 g/mol. The zero-order valence-electron chi connectivity index (χ0n) is 15.2. The number of carbonyl (C=O) groups excluding carboxylic acids is 1. The maximum Gasteiger partial charge on any atom is 0.258 e. The third-order valence-electron chi connectivity index (χ3n) is 4.32. The zero-order chi connectivity index (χ0) is 17.8. The summed E-state index contributed by atoms with van der Waals surface area (Å²) in [6.07, 6.45) is 1.81. The summed E-state index contributed by atoms with van der Waals surface area (Å²) in [7, 11) is 0. The smallest absolute Gasteiger partial charge is 0.258 e. The fourth-order valence-electron chi connectivity index (χ4n) is 3.20. The SMILES string of the molecule is CCOc1ccc(C(=O)N2CCCc3c(N)cccc32)cc1OCC.Cl. The van der Waals surface area contributed by atoms with Crippen molar-refractivity contribution in [1.29, 1.82) is 0 Å². The molecule has 26 heavy (non-hydrogen) atoms. The number of hydrogen-bond donors (Lipinski definition) is 1. The molecule has 0 saturated carbocycles. The average Bonchev–Trinajstić information content (AvgIpc) is 2.63. The second kappa shape index (κ2) is 8.81. The van der Waals surface area contributed by atoms with Crippen LogP contribution < -0.4 is 20.1 Å². The van der Waals surface area contributed by atoms with Crippen molar-refractivity contribution in [3.8, 4) is 11.5 Å². The number of halogens is 1. The molecule has 0 bridgehead atoms. The summed E-state index contributed by atoms with van der Waals surface area (Å²) < 4.78 is 11.2. The molecule has 0 aliphatic carbocycles. The van der Waals surface area contributed by atoms with Crippen molar-refractivity contribution < 1.29 is 14.3 Å². The molecule has 0 unspecified atom stereocenters. The molecule has 0 radical (unpaired) electrons. The number of fused-ring (bicyclic) bond motifs is 1. The molecule has 0 saturated heterocycles. The minimum absolute atomic E-state index is 0. The molecule has 0 fully saturated rings. The third kappa shape index (κ3) is 3.88. The van der Waals surface area contributed by atoms with Crippen molar-refractivity contribution in [2.75, 3.05) is 30.4 Å². The summed E-state index contributed by atoms with van der Waals surface area (Å²) in [5.41, 5.74) is 9.38. The predicted octanol–water partition coefficient (Wildman–Crippen LogP) is 4.08. The van der Waals surface area contributed by atoms with Gasteiger partial charge < -0.3 is 20.1 Å². The Hall–Kier alpha value is -2.40. The molecule has 2 aromatic carbocycles. The van der Waals surface area contributed by atoms with Crippen LogP contribution >= 0.6 is 12.4 Å². The second-order valence-corrected chi connectivity index (χ2v) is 5.93. The average molecular weight is 377 g/mol. The maximum absolute atomic E-state index is 13.1. The molecule has 2 N–H and O–H groups in total. The number of amides is 1. The fourth-order valence-corrected chi connectivity index (χ4v) is 3.20. The molecule has 3 rings (SSSR count). The maximum atomic E-state index is 13.1. The van der Waals surface area contributed by atoms with E-state index >= 15 is 0 Å². The van der Waals surface area contributed by atoms with E-state index in [1.807, 2.05) is 32.0 Å². The summed E-state index contributed by atoms with van der Waals surface area (Å²) in [4.78, 5) is 14.9. The predicted molar refractivity (Wildman–Crippen MR) is 107 cm³/mol. The summed E-state index contributed by atoms with van der Waals surface area (Å²) >= 11 is 0. The van der Waals surface area contributed by atoms with Gasteiger partial charge in [-0.25, -0.2) is 0 Å². The standard InChI is InChI=1S/C20H24N2O3.ClH/c1-3-24-18-11-10-14(13-19(18)25-4-2)20(23)22-12-6-7-15-16(21)8-5-9-17(15)22;/h5,8-11,13H,3-4,6-7,12,21H2,1-2H3;1H. The first-order chi connectivity index (χ1) is 12.2. The van der Waals surface area contributed by atoms with Crippen LogP contribution in [0.4, 0.5) is 11.4 Å². The minimum Gasteiger partial charge on any atom is -0.490 e. The van der Waals surface area contributed by atoms with E-state index in [0.29, 0.717) is 36.8 Å². The van der Waals surface area contributed by atoms with Crippen molar-refractivity contribution in [3.63, 3.8) is 0 Å². The van der Waals surface area contributed by atoms with E-state index in [-0.39, 0.29) is 18.3 Å². The van der Waals surface area contributed by atoms with E-state index in [4.69, 9.17) is 15.2 Å². The van der Waals surface area contributed by atoms with Crippen LogP contribution in [0.25, 0.3) is 0 Å². The van der Waals surface area contributed by atoms with E-state index in [0.717, 1.165) is 29.8 Å². The molecule has 2 aromatic rings. The van der Waals surface area contributed by atoms with Crippen molar-refractivity contribution in [1.82, 2.24) is 0 Å². The summed E-state index contributed by atoms with van der Waals surface area (Å²) in [5.74, 6) is 1.21. The molecule has 140 valence electrons. The number of carbonyl (C=O) groups is 1. The molecule has 0 aromatic heterocycles. The first-order valence-electron chi connectivity index (χ1n) is 8.74. The molecule has 6 heteroatoms. The Morgan fingerprint density at radius 1 is 1.12 bits per heavy atom. The van der Waals surface area contributed by atoms with Gasteiger partial charge in [-0.1, -0.05) is 6.07 Å². The normalized spacial score (nSPS) is 12.8. The van der Waals surface area contributed by atoms with E-state index < -0.39 is 0 Å². The van der Waals surface area contributed by atoms with Gasteiger partial charge in [0.05, 0.1) is 13.2 Å². The highest BCUT2D eigenvalue weighted by molar-refractivity contribution is 6.07. The van der Waals surface area contributed by atoms with Crippen LogP contribution in [0.2, 0.25) is 0 Å². The van der Waals surface area contributed by atoms with Gasteiger partial charge in [-0.05, 0) is 62.6 Å². The first-order valence-corrected chi connectivity index (χ1v) is 8.74. The molecular formula is C20H25ClN2O3. The Morgan fingerprint density at radius 2 is 1.85 bits per heavy atom. The highest BCUT2D eigenvalue weighted by Gasteiger charge is 2.25. The number of nitrogen functional groups attached to an aromatic ring is 1. The molecule has 1 aliphatic rings. The number of ether oxygens (including phenoxy) is 2. The van der Waals surface area contributed by atoms with Gasteiger partial charge in [-0.3, -0.25) is 4.79 Å². The van der Waals surface area contributed by atoms with E-state index in [1.165, 1.54) is 0 Å². The number of rotatable bonds is 5. The third-order valence-corrected chi connectivity index (χ3v) is 4.32. The van der Waals surface area contributed by atoms with E-state index in [1.54, 1.807) is 23.1 Å². The van der Waals surface area contributed by atoms with Crippen LogP contribution in [0.1, 0.15) is 36.2 Å². The number of benzene rings is 2. The van der Waals surface area contributed by atoms with Crippen LogP contribution in [-0.2, 0) is 6.42 Å². The lowest BCUT2D eigenvalue weighted by Crippen LogP contribution is -2.35. The number of nitrogens with zero attached hydrogens (tertiary/aromatic N) is 1. The minimum atomic E-state index is -0.0458. The first kappa shape index (κ1) is 19.9. The van der Waals surface area contributed by atoms with E-state index in [9.17, 15) is 4.79 Å². The van der Waals surface area contributed by atoms with Gasteiger partial charge in [0.1, 0.15) is 0 Å². The number of hydrogen-bond acceptors (Lipinski definition) is 4. The Balaban J connectivity index is 0.00000243. The Labute approximate surface area is 160 Å². The van der Waals surface area contributed by atoms with Crippen LogP contribution in [0, 0.1) is 0 Å². The Bertz CT molecular complexity index is 780. The largest absolute Gasteiger partial charge is 0.490 e. The van der Waals surface area contributed by atoms with Gasteiger partial charge in [-0.2, -0.15) is 0 Å². The summed E-state index contributed by atoms with van der Waals surface area (Å²) in [6, 6.07) is 11.1. The second-order valence-electron chi connectivity index (χ2n) is 5.93. The van der Waals surface area contributed by atoms with Crippen LogP contribution in [0.15, 0.2) is 36.4 Å². The van der Waals surface area contributed by atoms with Gasteiger partial charge in [-0.15, -0.1) is 12.4 Å². The van der Waals surface area contributed by atoms with Crippen LogP contribution in [0.3, 0.4) is 0 Å². The molecule has 5 nitrogen and oxygen atoms in total. The van der Waals surface area contributed by atoms with Gasteiger partial charge in [0.2, 0.25) is 0 Å². The Morgan fingerprint density at radius 3 is 2.58 bits per heavy atom. The molecule has 1 heterocycles. The van der Waals surface area contributed by atoms with Gasteiger partial charge in [0.15, 0.2) is 11.5 Å². The van der Waals surface area contributed by atoms with Crippen LogP contribution in [0.5, 0.6) is 11.5 Å². The van der Waals surface area contributed by atoms with Crippen molar-refractivity contribution in [3.05, 3.63) is 47.5 Å². The van der Waals surface area contributed by atoms with Gasteiger partial charge >= 0.3 is 0 Å². The zero-order valence-corrected chi connectivity index (χ0v) is 16.0. The molecule has 1 amide bonds. The lowest BCUT2D eigenvalue weighted by atomic mass is 9.99. The monoisotopic (exact) mass is 376 g/mol. The van der Waals surface area contributed by atoms with Gasteiger partial charge in [0, 0.05) is 23.5 Å². The lowest BCUT2D eigenvalue weighted by Gasteiger charge is -2.30. The highest BCUT2D eigenvalue weighted by atomic mass is 35.5. The van der Waals surface area contributed by atoms with Crippen LogP contribution in [-0.4, -0.2) is 25.7 Å². The Kier molecular flexibility index (Phi) is 6.75. The van der Waals surface area contributed by atoms with Crippen molar-refractivity contribution in [2.24, 2.45) is 0 Å². The lowest BCUT2D eigenvalue weighted by molar-refractivity contribution is 0.0984. The van der Waals surface area contributed by atoms with Crippen molar-refractivity contribution >= 4 is 29.7 Å². The molecule has 0 atom stereocenters. The quantitative estimate of drug-likeness (QED) is 0.798. The topological polar surface area (TPSA) is 64.8 Å². The fraction of sp³-hybridized carbons (Fsp3) is 0.350. The highest BCUT2D eigenvalue weighted by Crippen LogP contribution is 2.34.